The smallest absolute Gasteiger partial charge is 0.269 e. The van der Waals surface area contributed by atoms with Gasteiger partial charge in [-0.15, -0.1) is 0 Å². The molecule has 0 aliphatic heterocycles. The number of rotatable bonds is 4. The van der Waals surface area contributed by atoms with Gasteiger partial charge in [0.05, 0.1) is 20.8 Å². The number of anilines is 1. The summed E-state index contributed by atoms with van der Waals surface area (Å²) in [4.78, 5) is 27.6. The topological polar surface area (TPSA) is 103 Å². The van der Waals surface area contributed by atoms with E-state index in [4.69, 9.17) is 4.98 Å². The van der Waals surface area contributed by atoms with Gasteiger partial charge in [-0.3, -0.25) is 14.9 Å². The van der Waals surface area contributed by atoms with Crippen LogP contribution in [0.4, 0.5) is 11.5 Å². The maximum absolute atomic E-state index is 12.6. The molecule has 0 bridgehead atoms. The average Bonchev–Trinajstić information content (AvgIpc) is 3.25. The van der Waals surface area contributed by atoms with E-state index in [0.29, 0.717) is 16.5 Å². The molecule has 4 aromatic rings. The fourth-order valence-corrected chi connectivity index (χ4v) is 4.21. The van der Waals surface area contributed by atoms with Crippen molar-refractivity contribution in [1.29, 1.82) is 0 Å². The summed E-state index contributed by atoms with van der Waals surface area (Å²) < 4.78 is 2.66. The third kappa shape index (κ3) is 3.59. The summed E-state index contributed by atoms with van der Waals surface area (Å²) in [5.41, 5.74) is 4.14. The van der Waals surface area contributed by atoms with Crippen molar-refractivity contribution < 1.29 is 9.72 Å². The molecule has 146 valence electrons. The average molecular weight is 407 g/mol. The molecule has 2 aromatic carbocycles. The Morgan fingerprint density at radius 2 is 1.86 bits per heavy atom. The lowest BCUT2D eigenvalue weighted by Gasteiger charge is -2.06. The van der Waals surface area contributed by atoms with Gasteiger partial charge in [0.1, 0.15) is 5.82 Å². The number of carbonyl (C=O) groups excluding carboxylic acids is 1. The molecular formula is C20H17N5O3S. The second-order valence-corrected chi connectivity index (χ2v) is 7.77. The number of aromatic nitrogens is 3. The van der Waals surface area contributed by atoms with Gasteiger partial charge in [0.2, 0.25) is 5.13 Å². The van der Waals surface area contributed by atoms with E-state index in [1.54, 1.807) is 10.7 Å². The number of fused-ring (bicyclic) bond motifs is 1. The van der Waals surface area contributed by atoms with Gasteiger partial charge in [-0.1, -0.05) is 17.4 Å². The van der Waals surface area contributed by atoms with Gasteiger partial charge in [0, 0.05) is 23.8 Å². The molecule has 8 nitrogen and oxygen atoms in total. The minimum absolute atomic E-state index is 0.0671. The van der Waals surface area contributed by atoms with Crippen LogP contribution >= 0.6 is 11.3 Å². The van der Waals surface area contributed by atoms with Gasteiger partial charge in [-0.2, -0.15) is 9.78 Å². The van der Waals surface area contributed by atoms with E-state index in [-0.39, 0.29) is 11.6 Å². The van der Waals surface area contributed by atoms with E-state index < -0.39 is 4.92 Å². The summed E-state index contributed by atoms with van der Waals surface area (Å²) in [6.45, 7) is 5.89. The Hall–Kier alpha value is -3.59. The quantitative estimate of drug-likeness (QED) is 0.394. The summed E-state index contributed by atoms with van der Waals surface area (Å²) in [5.74, 6) is 0.105. The van der Waals surface area contributed by atoms with Crippen LogP contribution in [0.5, 0.6) is 0 Å². The Morgan fingerprint density at radius 3 is 2.55 bits per heavy atom. The Balaban J connectivity index is 1.67. The van der Waals surface area contributed by atoms with Crippen LogP contribution in [0.3, 0.4) is 0 Å². The SMILES string of the molecule is Cc1cc(C)c2nc(-n3nc(C)cc3NC(=O)c3ccc([N+](=O)[O-])cc3)sc2c1. The van der Waals surface area contributed by atoms with Crippen LogP contribution in [0.25, 0.3) is 15.3 Å². The molecule has 0 atom stereocenters. The number of nitro groups is 1. The molecule has 0 radical (unpaired) electrons. The number of nitrogens with zero attached hydrogens (tertiary/aromatic N) is 4. The third-order valence-corrected chi connectivity index (χ3v) is 5.39. The number of benzene rings is 2. The molecule has 1 amide bonds. The fourth-order valence-electron chi connectivity index (χ4n) is 3.11. The first-order valence-corrected chi connectivity index (χ1v) is 9.64. The minimum atomic E-state index is -0.503. The maximum Gasteiger partial charge on any atom is 0.269 e. The molecule has 0 unspecified atom stereocenters. The Labute approximate surface area is 170 Å². The molecular weight excluding hydrogens is 390 g/mol. The van der Waals surface area contributed by atoms with Gasteiger partial charge in [0.25, 0.3) is 11.6 Å². The second-order valence-electron chi connectivity index (χ2n) is 6.77. The van der Waals surface area contributed by atoms with Gasteiger partial charge in [-0.05, 0) is 50.1 Å². The predicted octanol–water partition coefficient (Wildman–Crippen LogP) is 4.57. The van der Waals surface area contributed by atoms with E-state index in [9.17, 15) is 14.9 Å². The number of aryl methyl sites for hydroxylation is 3. The van der Waals surface area contributed by atoms with Crippen LogP contribution in [0, 0.1) is 30.9 Å². The lowest BCUT2D eigenvalue weighted by atomic mass is 10.1. The van der Waals surface area contributed by atoms with E-state index >= 15 is 0 Å². The van der Waals surface area contributed by atoms with Gasteiger partial charge in [0.15, 0.2) is 0 Å². The Bertz CT molecular complexity index is 1260. The maximum atomic E-state index is 12.6. The van der Waals surface area contributed by atoms with E-state index in [2.05, 4.69) is 22.5 Å². The van der Waals surface area contributed by atoms with E-state index in [0.717, 1.165) is 27.0 Å². The van der Waals surface area contributed by atoms with Crippen LogP contribution in [0.1, 0.15) is 27.2 Å². The summed E-state index contributed by atoms with van der Waals surface area (Å²) in [6.07, 6.45) is 0. The van der Waals surface area contributed by atoms with Crippen molar-refractivity contribution in [1.82, 2.24) is 14.8 Å². The normalized spacial score (nSPS) is 11.0. The molecule has 0 fully saturated rings. The zero-order valence-corrected chi connectivity index (χ0v) is 16.8. The number of non-ortho nitro benzene ring substituents is 1. The molecule has 0 aliphatic carbocycles. The molecule has 1 N–H and O–H groups in total. The van der Waals surface area contributed by atoms with Crippen molar-refractivity contribution in [2.24, 2.45) is 0 Å². The second kappa shape index (κ2) is 7.10. The summed E-state index contributed by atoms with van der Waals surface area (Å²) in [6, 6.07) is 11.4. The van der Waals surface area contributed by atoms with E-state index in [1.807, 2.05) is 20.8 Å². The van der Waals surface area contributed by atoms with Gasteiger partial charge >= 0.3 is 0 Å². The molecule has 0 saturated carbocycles. The minimum Gasteiger partial charge on any atom is -0.306 e. The lowest BCUT2D eigenvalue weighted by Crippen LogP contribution is -2.15. The molecule has 0 aliphatic rings. The van der Waals surface area contributed by atoms with Gasteiger partial charge < -0.3 is 5.32 Å². The molecule has 0 spiro atoms. The number of hydrogen-bond acceptors (Lipinski definition) is 6. The van der Waals surface area contributed by atoms with Crippen molar-refractivity contribution in [3.05, 3.63) is 75.0 Å². The monoisotopic (exact) mass is 407 g/mol. The van der Waals surface area contributed by atoms with Crippen molar-refractivity contribution >= 4 is 39.0 Å². The summed E-state index contributed by atoms with van der Waals surface area (Å²) in [7, 11) is 0. The van der Waals surface area contributed by atoms with Crippen LogP contribution in [0.2, 0.25) is 0 Å². The fraction of sp³-hybridized carbons (Fsp3) is 0.150. The highest BCUT2D eigenvalue weighted by Gasteiger charge is 2.17. The Kier molecular flexibility index (Phi) is 4.59. The number of thiazole rings is 1. The van der Waals surface area contributed by atoms with Crippen molar-refractivity contribution in [2.75, 3.05) is 5.32 Å². The van der Waals surface area contributed by atoms with Crippen molar-refractivity contribution in [3.63, 3.8) is 0 Å². The van der Waals surface area contributed by atoms with E-state index in [1.165, 1.54) is 35.6 Å². The standard InChI is InChI=1S/C20H17N5O3S/c1-11-8-12(2)18-16(9-11)29-20(22-18)24-17(10-13(3)23-24)21-19(26)14-4-6-15(7-5-14)25(27)28/h4-10H,1-3H3,(H,21,26). The van der Waals surface area contributed by atoms with Gasteiger partial charge in [-0.25, -0.2) is 4.98 Å². The Morgan fingerprint density at radius 1 is 1.14 bits per heavy atom. The van der Waals surface area contributed by atoms with Crippen molar-refractivity contribution in [2.45, 2.75) is 20.8 Å². The molecule has 2 aromatic heterocycles. The lowest BCUT2D eigenvalue weighted by molar-refractivity contribution is -0.384. The number of amides is 1. The number of carbonyl (C=O) groups is 1. The first-order valence-electron chi connectivity index (χ1n) is 8.82. The first-order chi connectivity index (χ1) is 13.8. The number of nitrogens with one attached hydrogen (secondary N) is 1. The number of hydrogen-bond donors (Lipinski definition) is 1. The summed E-state index contributed by atoms with van der Waals surface area (Å²) in [5, 5.41) is 18.7. The third-order valence-electron chi connectivity index (χ3n) is 4.41. The highest BCUT2D eigenvalue weighted by Crippen LogP contribution is 2.30. The molecule has 2 heterocycles. The van der Waals surface area contributed by atoms with Crippen LogP contribution in [-0.2, 0) is 0 Å². The molecule has 29 heavy (non-hydrogen) atoms. The number of nitro benzene ring substituents is 1. The molecule has 4 rings (SSSR count). The van der Waals surface area contributed by atoms with Crippen LogP contribution in [-0.4, -0.2) is 25.6 Å². The zero-order chi connectivity index (χ0) is 20.7. The first kappa shape index (κ1) is 18.8. The zero-order valence-electron chi connectivity index (χ0n) is 16.0. The van der Waals surface area contributed by atoms with Crippen LogP contribution in [0.15, 0.2) is 42.5 Å². The van der Waals surface area contributed by atoms with Crippen molar-refractivity contribution in [3.8, 4) is 5.13 Å². The predicted molar refractivity (Wildman–Crippen MR) is 112 cm³/mol. The molecule has 9 heteroatoms. The largest absolute Gasteiger partial charge is 0.306 e. The van der Waals surface area contributed by atoms with Crippen LogP contribution < -0.4 is 5.32 Å². The highest BCUT2D eigenvalue weighted by atomic mass is 32.1. The summed E-state index contributed by atoms with van der Waals surface area (Å²) >= 11 is 1.50. The molecule has 0 saturated heterocycles. The highest BCUT2D eigenvalue weighted by molar-refractivity contribution is 7.20.